The second-order valence-electron chi connectivity index (χ2n) is 6.97. The summed E-state index contributed by atoms with van der Waals surface area (Å²) in [5.41, 5.74) is 0.643. The molecular weight excluding hydrogens is 380 g/mol. The van der Waals surface area contributed by atoms with Crippen LogP contribution < -0.4 is 10.6 Å². The van der Waals surface area contributed by atoms with Crippen LogP contribution >= 0.6 is 27.5 Å². The van der Waals surface area contributed by atoms with E-state index in [2.05, 4.69) is 26.6 Å². The molecule has 1 fully saturated rings. The number of halogens is 2. The van der Waals surface area contributed by atoms with Gasteiger partial charge >= 0.3 is 6.09 Å². The first kappa shape index (κ1) is 18.6. The summed E-state index contributed by atoms with van der Waals surface area (Å²) >= 11 is 9.48. The van der Waals surface area contributed by atoms with Gasteiger partial charge in [0.05, 0.1) is 5.02 Å². The van der Waals surface area contributed by atoms with Gasteiger partial charge in [-0.05, 0) is 73.2 Å². The molecule has 2 rings (SSSR count). The molecule has 0 spiro atoms. The fourth-order valence-corrected chi connectivity index (χ4v) is 2.76. The third-order valence-corrected chi connectivity index (χ3v) is 4.80. The Balaban J connectivity index is 1.81. The molecule has 128 valence electrons. The molecule has 6 heteroatoms. The maximum absolute atomic E-state index is 11.9. The van der Waals surface area contributed by atoms with Crippen LogP contribution in [0.1, 0.15) is 39.2 Å². The number of carbonyl (C=O) groups is 1. The topological polar surface area (TPSA) is 50.4 Å². The smallest absolute Gasteiger partial charge is 0.407 e. The zero-order valence-corrected chi connectivity index (χ0v) is 16.1. The molecule has 2 N–H and O–H groups in total. The highest BCUT2D eigenvalue weighted by molar-refractivity contribution is 9.10. The van der Waals surface area contributed by atoms with Crippen molar-refractivity contribution in [2.75, 3.05) is 6.54 Å². The Bertz CT molecular complexity index is 556. The largest absolute Gasteiger partial charge is 0.444 e. The van der Waals surface area contributed by atoms with Gasteiger partial charge < -0.3 is 15.4 Å². The summed E-state index contributed by atoms with van der Waals surface area (Å²) in [6, 6.07) is 6.01. The molecule has 1 amide bonds. The van der Waals surface area contributed by atoms with E-state index in [0.29, 0.717) is 17.5 Å². The maximum atomic E-state index is 11.9. The number of ether oxygens (including phenoxy) is 1. The molecule has 23 heavy (non-hydrogen) atoms. The lowest BCUT2D eigenvalue weighted by Crippen LogP contribution is -2.45. The molecule has 1 aliphatic carbocycles. The molecule has 1 saturated carbocycles. The van der Waals surface area contributed by atoms with E-state index < -0.39 is 5.60 Å². The van der Waals surface area contributed by atoms with Gasteiger partial charge in [-0.15, -0.1) is 0 Å². The fourth-order valence-electron chi connectivity index (χ4n) is 2.31. The van der Waals surface area contributed by atoms with Gasteiger partial charge in [0.1, 0.15) is 5.60 Å². The first-order valence-electron chi connectivity index (χ1n) is 7.89. The molecule has 1 aromatic carbocycles. The normalized spacial score (nSPS) is 16.0. The molecule has 4 nitrogen and oxygen atoms in total. The third-order valence-electron chi connectivity index (χ3n) is 3.57. The minimum atomic E-state index is -0.472. The minimum absolute atomic E-state index is 0.107. The summed E-state index contributed by atoms with van der Waals surface area (Å²) in [5.74, 6) is 0.545. The summed E-state index contributed by atoms with van der Waals surface area (Å²) in [6.45, 7) is 7.04. The van der Waals surface area contributed by atoms with Gasteiger partial charge in [-0.3, -0.25) is 0 Å². The molecule has 0 saturated heterocycles. The SMILES string of the molecule is CC(C)(C)OC(=O)NC(CNCc1ccc(Br)c(Cl)c1)C1CC1. The zero-order chi connectivity index (χ0) is 17.0. The Labute approximate surface area is 151 Å². The molecule has 0 heterocycles. The van der Waals surface area contributed by atoms with Gasteiger partial charge in [-0.2, -0.15) is 0 Å². The van der Waals surface area contributed by atoms with Gasteiger partial charge in [-0.1, -0.05) is 17.7 Å². The average Bonchev–Trinajstić information content (AvgIpc) is 3.24. The van der Waals surface area contributed by atoms with E-state index in [1.807, 2.05) is 39.0 Å². The molecule has 1 atom stereocenters. The summed E-state index contributed by atoms with van der Waals surface area (Å²) in [6.07, 6.45) is 1.97. The van der Waals surface area contributed by atoms with Crippen LogP contribution in [-0.4, -0.2) is 24.3 Å². The van der Waals surface area contributed by atoms with Crippen molar-refractivity contribution in [3.8, 4) is 0 Å². The van der Waals surface area contributed by atoms with Crippen LogP contribution in [0.4, 0.5) is 4.79 Å². The Kier molecular flexibility index (Phi) is 6.34. The Morgan fingerprint density at radius 3 is 2.70 bits per heavy atom. The molecular formula is C17H24BrClN2O2. The number of alkyl carbamates (subject to hydrolysis) is 1. The zero-order valence-electron chi connectivity index (χ0n) is 13.8. The number of hydrogen-bond acceptors (Lipinski definition) is 3. The third kappa shape index (κ3) is 6.69. The molecule has 1 aliphatic rings. The lowest BCUT2D eigenvalue weighted by Gasteiger charge is -2.24. The first-order valence-corrected chi connectivity index (χ1v) is 9.06. The van der Waals surface area contributed by atoms with E-state index in [1.54, 1.807) is 0 Å². The van der Waals surface area contributed by atoms with Crippen molar-refractivity contribution in [2.45, 2.75) is 51.8 Å². The van der Waals surface area contributed by atoms with Crippen molar-refractivity contribution >= 4 is 33.6 Å². The van der Waals surface area contributed by atoms with Crippen molar-refractivity contribution in [3.05, 3.63) is 33.3 Å². The molecule has 1 aromatic rings. The monoisotopic (exact) mass is 402 g/mol. The first-order chi connectivity index (χ1) is 10.7. The Hall–Kier alpha value is -0.780. The van der Waals surface area contributed by atoms with Gasteiger partial charge in [-0.25, -0.2) is 4.79 Å². The highest BCUT2D eigenvalue weighted by Gasteiger charge is 2.33. The van der Waals surface area contributed by atoms with Crippen LogP contribution in [-0.2, 0) is 11.3 Å². The summed E-state index contributed by atoms with van der Waals surface area (Å²) < 4.78 is 6.23. The molecule has 0 aliphatic heterocycles. The predicted octanol–water partition coefficient (Wildman–Crippen LogP) is 4.50. The Morgan fingerprint density at radius 2 is 2.13 bits per heavy atom. The van der Waals surface area contributed by atoms with Crippen molar-refractivity contribution in [1.29, 1.82) is 0 Å². The van der Waals surface area contributed by atoms with Crippen LogP contribution in [0.2, 0.25) is 5.02 Å². The van der Waals surface area contributed by atoms with Crippen LogP contribution in [0.15, 0.2) is 22.7 Å². The van der Waals surface area contributed by atoms with Gasteiger partial charge in [0, 0.05) is 23.6 Å². The second kappa shape index (κ2) is 7.86. The van der Waals surface area contributed by atoms with Crippen LogP contribution in [0.5, 0.6) is 0 Å². The maximum Gasteiger partial charge on any atom is 0.407 e. The van der Waals surface area contributed by atoms with Crippen LogP contribution in [0, 0.1) is 5.92 Å². The van der Waals surface area contributed by atoms with Gasteiger partial charge in [0.25, 0.3) is 0 Å². The number of carbonyl (C=O) groups excluding carboxylic acids is 1. The average molecular weight is 404 g/mol. The molecule has 1 unspecified atom stereocenters. The van der Waals surface area contributed by atoms with Crippen molar-refractivity contribution in [3.63, 3.8) is 0 Å². The van der Waals surface area contributed by atoms with E-state index in [4.69, 9.17) is 16.3 Å². The Morgan fingerprint density at radius 1 is 1.43 bits per heavy atom. The van der Waals surface area contributed by atoms with E-state index in [9.17, 15) is 4.79 Å². The fraction of sp³-hybridized carbons (Fsp3) is 0.588. The van der Waals surface area contributed by atoms with Crippen molar-refractivity contribution in [1.82, 2.24) is 10.6 Å². The van der Waals surface area contributed by atoms with E-state index in [-0.39, 0.29) is 12.1 Å². The van der Waals surface area contributed by atoms with E-state index in [0.717, 1.165) is 29.4 Å². The number of rotatable bonds is 6. The molecule has 0 bridgehead atoms. The standard InChI is InChI=1S/C17H24BrClN2O2/c1-17(2,3)23-16(22)21-15(12-5-6-12)10-20-9-11-4-7-13(18)14(19)8-11/h4,7-8,12,15,20H,5-6,9-10H2,1-3H3,(H,21,22). The highest BCUT2D eigenvalue weighted by Crippen LogP contribution is 2.32. The van der Waals surface area contributed by atoms with Gasteiger partial charge in [0.15, 0.2) is 0 Å². The van der Waals surface area contributed by atoms with E-state index >= 15 is 0 Å². The summed E-state index contributed by atoms with van der Waals surface area (Å²) in [4.78, 5) is 11.9. The van der Waals surface area contributed by atoms with Crippen LogP contribution in [0.3, 0.4) is 0 Å². The number of nitrogens with one attached hydrogen (secondary N) is 2. The lowest BCUT2D eigenvalue weighted by molar-refractivity contribution is 0.0497. The highest BCUT2D eigenvalue weighted by atomic mass is 79.9. The van der Waals surface area contributed by atoms with Crippen molar-refractivity contribution < 1.29 is 9.53 Å². The summed E-state index contributed by atoms with van der Waals surface area (Å²) in [7, 11) is 0. The predicted molar refractivity (Wildman–Crippen MR) is 96.7 cm³/mol. The minimum Gasteiger partial charge on any atom is -0.444 e. The molecule has 0 aromatic heterocycles. The lowest BCUT2D eigenvalue weighted by atomic mass is 10.1. The van der Waals surface area contributed by atoms with Crippen molar-refractivity contribution in [2.24, 2.45) is 5.92 Å². The quantitative estimate of drug-likeness (QED) is 0.735. The van der Waals surface area contributed by atoms with Gasteiger partial charge in [0.2, 0.25) is 0 Å². The van der Waals surface area contributed by atoms with Crippen LogP contribution in [0.25, 0.3) is 0 Å². The number of benzene rings is 1. The number of amides is 1. The number of hydrogen-bond donors (Lipinski definition) is 2. The summed E-state index contributed by atoms with van der Waals surface area (Å²) in [5, 5.41) is 7.08. The molecule has 0 radical (unpaired) electrons. The second-order valence-corrected chi connectivity index (χ2v) is 8.23. The van der Waals surface area contributed by atoms with E-state index in [1.165, 1.54) is 0 Å².